The lowest BCUT2D eigenvalue weighted by atomic mass is 9.99. The molecule has 0 aliphatic carbocycles. The van der Waals surface area contributed by atoms with Crippen molar-refractivity contribution in [1.82, 2.24) is 35.9 Å². The third kappa shape index (κ3) is 16.8. The number of primary amides is 1. The van der Waals surface area contributed by atoms with Crippen molar-refractivity contribution in [1.29, 1.82) is 0 Å². The molecule has 1 aliphatic rings. The molecule has 5 atom stereocenters. The molecule has 8 amide bonds. The molecule has 8 N–H and O–H groups in total. The smallest absolute Gasteiger partial charge is 0.417 e. The van der Waals surface area contributed by atoms with Gasteiger partial charge in [0.15, 0.2) is 0 Å². The summed E-state index contributed by atoms with van der Waals surface area (Å²) in [6, 6.07) is 18.0. The molecule has 1 fully saturated rings. The number of alkyl carbamates (subject to hydrolysis) is 1. The number of nitrogens with two attached hydrogens (primary N) is 2. The van der Waals surface area contributed by atoms with Crippen LogP contribution < -0.4 is 27.4 Å². The maximum atomic E-state index is 15.4. The number of fused-ring (bicyclic) bond motifs is 1. The predicted octanol–water partition coefficient (Wildman–Crippen LogP) is 5.50. The molecule has 0 radical (unpaired) electrons. The van der Waals surface area contributed by atoms with E-state index >= 15 is 9.59 Å². The maximum Gasteiger partial charge on any atom is 0.417 e. The molecule has 1 unspecified atom stereocenters. The molecule has 1 saturated heterocycles. The van der Waals surface area contributed by atoms with E-state index in [4.69, 9.17) is 20.9 Å². The van der Waals surface area contributed by atoms with Gasteiger partial charge in [-0.05, 0) is 107 Å². The maximum absolute atomic E-state index is 15.4. The SMILES string of the molecule is CSCCC(C(N)=O)N(C(=O)CCC(C)C)N1CC[C@H](NC(=O)[C@@H](Cc2ccccc2)NC(=O)[C@@H](Cc2c[nH]c3ccccc23)N(C(=O)OCc2ccccc2)C(=O)[C@H](CCCCN)NC(=O)OC(C)(C)C)C1=O. The summed E-state index contributed by atoms with van der Waals surface area (Å²) in [5.74, 6) is -3.94. The fraction of sp³-hybridized carbons (Fsp3) is 0.481. The zero-order chi connectivity index (χ0) is 54.0. The van der Waals surface area contributed by atoms with E-state index in [0.29, 0.717) is 57.5 Å². The van der Waals surface area contributed by atoms with Gasteiger partial charge in [0.25, 0.3) is 11.8 Å². The fourth-order valence-corrected chi connectivity index (χ4v) is 9.03. The van der Waals surface area contributed by atoms with Crippen LogP contribution in [0.3, 0.4) is 0 Å². The van der Waals surface area contributed by atoms with E-state index in [1.807, 2.05) is 38.3 Å². The number of H-pyrrole nitrogens is 1. The first kappa shape index (κ1) is 58.0. The van der Waals surface area contributed by atoms with Gasteiger partial charge in [-0.2, -0.15) is 11.8 Å². The number of rotatable bonds is 26. The average molecular weight is 1040 g/mol. The number of imide groups is 1. The van der Waals surface area contributed by atoms with Crippen LogP contribution in [0.4, 0.5) is 9.59 Å². The van der Waals surface area contributed by atoms with Crippen molar-refractivity contribution < 1.29 is 47.8 Å². The number of aromatic nitrogens is 1. The zero-order valence-corrected chi connectivity index (χ0v) is 44.1. The van der Waals surface area contributed by atoms with Gasteiger partial charge in [-0.25, -0.2) is 24.5 Å². The number of hydrogen-bond acceptors (Lipinski definition) is 12. The molecule has 0 spiro atoms. The molecule has 1 aliphatic heterocycles. The summed E-state index contributed by atoms with van der Waals surface area (Å²) in [6.07, 6.45) is 2.59. The average Bonchev–Trinajstić information content (AvgIpc) is 3.94. The number of thioether (sulfide) groups is 1. The van der Waals surface area contributed by atoms with Gasteiger partial charge in [0, 0.05) is 42.9 Å². The van der Waals surface area contributed by atoms with Crippen LogP contribution in [0, 0.1) is 5.92 Å². The number of carbonyl (C=O) groups excluding carboxylic acids is 8. The lowest BCUT2D eigenvalue weighted by molar-refractivity contribution is -0.168. The van der Waals surface area contributed by atoms with E-state index in [1.54, 1.807) is 93.7 Å². The van der Waals surface area contributed by atoms with Crippen molar-refractivity contribution in [3.05, 3.63) is 108 Å². The van der Waals surface area contributed by atoms with E-state index in [1.165, 1.54) is 16.8 Å². The first-order valence-corrected chi connectivity index (χ1v) is 26.6. The first-order chi connectivity index (χ1) is 35.3. The van der Waals surface area contributed by atoms with E-state index in [-0.39, 0.29) is 64.1 Å². The number of unbranched alkanes of at least 4 members (excludes halogenated alkanes) is 1. The number of nitrogens with zero attached hydrogens (tertiary/aromatic N) is 3. The van der Waals surface area contributed by atoms with Gasteiger partial charge in [-0.1, -0.05) is 92.7 Å². The van der Waals surface area contributed by atoms with Crippen LogP contribution in [-0.4, -0.2) is 128 Å². The van der Waals surface area contributed by atoms with E-state index in [2.05, 4.69) is 20.9 Å². The summed E-state index contributed by atoms with van der Waals surface area (Å²) in [6.45, 7) is 8.86. The van der Waals surface area contributed by atoms with Crippen molar-refractivity contribution in [2.75, 3.05) is 25.1 Å². The van der Waals surface area contributed by atoms with Crippen molar-refractivity contribution in [3.63, 3.8) is 0 Å². The van der Waals surface area contributed by atoms with E-state index < -0.39 is 83.4 Å². The quantitative estimate of drug-likeness (QED) is 0.0426. The van der Waals surface area contributed by atoms with Gasteiger partial charge < -0.3 is 41.9 Å². The van der Waals surface area contributed by atoms with Crippen LogP contribution in [0.5, 0.6) is 0 Å². The van der Waals surface area contributed by atoms with Crippen LogP contribution in [0.25, 0.3) is 10.9 Å². The number of benzene rings is 3. The number of carbonyl (C=O) groups is 8. The number of hydrogen-bond donors (Lipinski definition) is 6. The standard InChI is InChI=1S/C54H73N9O10S/c1-35(2)24-25-46(64)63(44(47(56)65)27-30-74-6)61-29-26-42(50(61)68)58-48(66)43(31-36-17-9-7-10-18-36)59-49(67)45(32-38-33-57-40-22-14-13-21-39(38)40)62(53(71)72-34-37-19-11-8-12-20-37)51(69)41(23-15-16-28-55)60-52(70)73-54(3,4)5/h7-14,17-22,33,35,41-45,57H,15-16,23-32,34,55H2,1-6H3,(H2,56,65)(H,58,66)(H,59,67)(H,60,70)/t41-,42-,43+,44?,45+/m0/s1. The molecule has 5 rings (SSSR count). The normalized spacial score (nSPS) is 15.2. The van der Waals surface area contributed by atoms with Gasteiger partial charge in [-0.15, -0.1) is 0 Å². The van der Waals surface area contributed by atoms with Crippen LogP contribution in [-0.2, 0) is 57.7 Å². The summed E-state index contributed by atoms with van der Waals surface area (Å²) < 4.78 is 11.4. The molecule has 1 aromatic heterocycles. The number of aromatic amines is 1. The van der Waals surface area contributed by atoms with Crippen molar-refractivity contribution >= 4 is 70.3 Å². The Morgan fingerprint density at radius 1 is 0.824 bits per heavy atom. The van der Waals surface area contributed by atoms with Crippen molar-refractivity contribution in [3.8, 4) is 0 Å². The molecule has 400 valence electrons. The molecule has 0 bridgehead atoms. The highest BCUT2D eigenvalue weighted by Crippen LogP contribution is 2.25. The Kier molecular flexibility index (Phi) is 21.9. The lowest BCUT2D eigenvalue weighted by Crippen LogP contribution is -2.61. The molecular weight excluding hydrogens is 967 g/mol. The zero-order valence-electron chi connectivity index (χ0n) is 43.3. The summed E-state index contributed by atoms with van der Waals surface area (Å²) >= 11 is 1.46. The first-order valence-electron chi connectivity index (χ1n) is 25.2. The molecule has 4 aromatic rings. The molecule has 19 nitrogen and oxygen atoms in total. The highest BCUT2D eigenvalue weighted by Gasteiger charge is 2.45. The van der Waals surface area contributed by atoms with Gasteiger partial charge in [0.2, 0.25) is 23.6 Å². The monoisotopic (exact) mass is 1040 g/mol. The fourth-order valence-electron chi connectivity index (χ4n) is 8.57. The second-order valence-electron chi connectivity index (χ2n) is 19.7. The van der Waals surface area contributed by atoms with Crippen molar-refractivity contribution in [2.45, 2.75) is 135 Å². The van der Waals surface area contributed by atoms with Crippen LogP contribution >= 0.6 is 11.8 Å². The van der Waals surface area contributed by atoms with Crippen LogP contribution in [0.2, 0.25) is 0 Å². The molecule has 74 heavy (non-hydrogen) atoms. The van der Waals surface area contributed by atoms with E-state index in [9.17, 15) is 28.8 Å². The Balaban J connectivity index is 1.56. The van der Waals surface area contributed by atoms with Crippen molar-refractivity contribution in [2.24, 2.45) is 17.4 Å². The molecule has 0 saturated carbocycles. The largest absolute Gasteiger partial charge is 0.444 e. The van der Waals surface area contributed by atoms with Crippen LogP contribution in [0.15, 0.2) is 91.1 Å². The Morgan fingerprint density at radius 3 is 2.12 bits per heavy atom. The minimum Gasteiger partial charge on any atom is -0.444 e. The highest BCUT2D eigenvalue weighted by atomic mass is 32.2. The highest BCUT2D eigenvalue weighted by molar-refractivity contribution is 7.98. The minimum absolute atomic E-state index is 0.00312. The predicted molar refractivity (Wildman–Crippen MR) is 283 cm³/mol. The third-order valence-corrected chi connectivity index (χ3v) is 13.0. The van der Waals surface area contributed by atoms with Gasteiger partial charge in [-0.3, -0.25) is 28.8 Å². The van der Waals surface area contributed by atoms with Gasteiger partial charge >= 0.3 is 12.2 Å². The number of ether oxygens (including phenoxy) is 2. The Labute approximate surface area is 437 Å². The Hall–Kier alpha value is -6.93. The minimum atomic E-state index is -1.71. The third-order valence-electron chi connectivity index (χ3n) is 12.4. The Bertz CT molecular complexity index is 2540. The summed E-state index contributed by atoms with van der Waals surface area (Å²) in [7, 11) is 0. The molecule has 20 heteroatoms. The van der Waals surface area contributed by atoms with Crippen LogP contribution in [0.1, 0.15) is 96.3 Å². The lowest BCUT2D eigenvalue weighted by Gasteiger charge is -2.37. The summed E-state index contributed by atoms with van der Waals surface area (Å²) in [5, 5.41) is 11.3. The van der Waals surface area contributed by atoms with Gasteiger partial charge in [0.1, 0.15) is 42.4 Å². The molecule has 2 heterocycles. The Morgan fingerprint density at radius 2 is 1.49 bits per heavy atom. The second kappa shape index (κ2) is 27.9. The number of para-hydroxylation sites is 1. The molecular formula is C54H73N9O10S. The summed E-state index contributed by atoms with van der Waals surface area (Å²) in [5.41, 5.74) is 13.2. The number of amides is 8. The topological polar surface area (TPSA) is 269 Å². The second-order valence-corrected chi connectivity index (χ2v) is 20.7. The van der Waals surface area contributed by atoms with Gasteiger partial charge in [0.05, 0.1) is 0 Å². The summed E-state index contributed by atoms with van der Waals surface area (Å²) in [4.78, 5) is 118. The number of hydrazine groups is 1. The number of nitrogens with one attached hydrogen (secondary N) is 4. The van der Waals surface area contributed by atoms with E-state index in [0.717, 1.165) is 5.01 Å². The molecule has 3 aromatic carbocycles.